The van der Waals surface area contributed by atoms with E-state index in [1.54, 1.807) is 0 Å². The largest absolute Gasteiger partial charge is 0.344 e. The molecule has 0 saturated heterocycles. The van der Waals surface area contributed by atoms with Crippen LogP contribution in [0.2, 0.25) is 0 Å². The normalized spacial score (nSPS) is 13.7. The molecule has 0 spiro atoms. The lowest BCUT2D eigenvalue weighted by molar-refractivity contribution is 0.674. The second kappa shape index (κ2) is 15.5. The van der Waals surface area contributed by atoms with Crippen molar-refractivity contribution in [3.05, 3.63) is 229 Å². The number of nitrogens with one attached hydrogen (secondary N) is 1. The molecule has 1 aliphatic heterocycles. The lowest BCUT2D eigenvalue weighted by Crippen LogP contribution is -2.34. The molecule has 0 amide bonds. The predicted octanol–water partition coefficient (Wildman–Crippen LogP) is 12.1. The Morgan fingerprint density at radius 2 is 0.951 bits per heavy atom. The van der Waals surface area contributed by atoms with E-state index in [1.165, 1.54) is 0 Å². The first-order valence-corrected chi connectivity index (χ1v) is 20.4. The molecule has 3 heterocycles. The van der Waals surface area contributed by atoms with E-state index in [-0.39, 0.29) is 6.17 Å². The van der Waals surface area contributed by atoms with Gasteiger partial charge in [0, 0.05) is 44.3 Å². The maximum atomic E-state index is 5.34. The number of rotatable bonds is 8. The molecule has 1 N–H and O–H groups in total. The van der Waals surface area contributed by atoms with Crippen LogP contribution in [0.25, 0.3) is 72.8 Å². The van der Waals surface area contributed by atoms with Gasteiger partial charge in [0.15, 0.2) is 23.3 Å². The van der Waals surface area contributed by atoms with Crippen LogP contribution < -0.4 is 5.32 Å². The van der Waals surface area contributed by atoms with Gasteiger partial charge in [-0.2, -0.15) is 0 Å². The zero-order chi connectivity index (χ0) is 40.5. The lowest BCUT2D eigenvalue weighted by atomic mass is 9.92. The Bertz CT molecular complexity index is 3190. The third-order valence-electron chi connectivity index (χ3n) is 11.1. The molecule has 1 unspecified atom stereocenters. The number of para-hydroxylation sites is 2. The van der Waals surface area contributed by atoms with Crippen molar-refractivity contribution in [2.45, 2.75) is 6.17 Å². The van der Waals surface area contributed by atoms with Crippen molar-refractivity contribution in [1.29, 1.82) is 0 Å². The molecule has 288 valence electrons. The van der Waals surface area contributed by atoms with Crippen LogP contribution in [0.15, 0.2) is 222 Å². The highest BCUT2D eigenvalue weighted by atomic mass is 15.2. The zero-order valence-electron chi connectivity index (χ0n) is 33.0. The molecular formula is C54H37N7. The van der Waals surface area contributed by atoms with Crippen molar-refractivity contribution in [3.8, 4) is 51.0 Å². The van der Waals surface area contributed by atoms with Crippen LogP contribution in [0.5, 0.6) is 0 Å². The van der Waals surface area contributed by atoms with E-state index in [9.17, 15) is 0 Å². The summed E-state index contributed by atoms with van der Waals surface area (Å²) in [5.74, 6) is 3.11. The summed E-state index contributed by atoms with van der Waals surface area (Å²) < 4.78 is 2.35. The number of benzene rings is 8. The average molecular weight is 784 g/mol. The summed E-state index contributed by atoms with van der Waals surface area (Å²) >= 11 is 0. The summed E-state index contributed by atoms with van der Waals surface area (Å²) in [6, 6.07) is 72.9. The highest BCUT2D eigenvalue weighted by Gasteiger charge is 2.26. The number of nitrogens with zero attached hydrogens (tertiary/aromatic N) is 6. The molecule has 8 aromatic carbocycles. The van der Waals surface area contributed by atoms with E-state index in [1.807, 2.05) is 97.1 Å². The molecule has 0 aliphatic carbocycles. The van der Waals surface area contributed by atoms with Crippen LogP contribution in [-0.4, -0.2) is 31.2 Å². The molecule has 1 aliphatic rings. The summed E-state index contributed by atoms with van der Waals surface area (Å²) in [5, 5.41) is 6.09. The molecule has 0 fully saturated rings. The minimum absolute atomic E-state index is 0.386. The van der Waals surface area contributed by atoms with Crippen LogP contribution in [0.1, 0.15) is 22.9 Å². The molecule has 0 radical (unpaired) electrons. The van der Waals surface area contributed by atoms with Crippen molar-refractivity contribution >= 4 is 33.5 Å². The molecule has 2 aromatic heterocycles. The fourth-order valence-electron chi connectivity index (χ4n) is 8.26. The first-order chi connectivity index (χ1) is 30.2. The number of amidine groups is 2. The summed E-state index contributed by atoms with van der Waals surface area (Å²) in [6.45, 7) is 0. The number of aromatic nitrogens is 4. The number of hydrogen-bond acceptors (Lipinski definition) is 6. The first-order valence-electron chi connectivity index (χ1n) is 20.4. The van der Waals surface area contributed by atoms with Gasteiger partial charge in [0.1, 0.15) is 12.0 Å². The molecule has 1 atom stereocenters. The smallest absolute Gasteiger partial charge is 0.164 e. The van der Waals surface area contributed by atoms with E-state index in [0.717, 1.165) is 72.0 Å². The number of aliphatic imine (C=N–C) groups is 2. The van der Waals surface area contributed by atoms with E-state index >= 15 is 0 Å². The zero-order valence-corrected chi connectivity index (χ0v) is 33.0. The van der Waals surface area contributed by atoms with Gasteiger partial charge >= 0.3 is 0 Å². The van der Waals surface area contributed by atoms with E-state index < -0.39 is 0 Å². The topological polar surface area (TPSA) is 80.4 Å². The third kappa shape index (κ3) is 6.74. The van der Waals surface area contributed by atoms with Crippen molar-refractivity contribution in [1.82, 2.24) is 24.8 Å². The molecule has 7 nitrogen and oxygen atoms in total. The highest BCUT2D eigenvalue weighted by molar-refractivity contribution is 6.20. The molecule has 0 saturated carbocycles. The van der Waals surface area contributed by atoms with E-state index in [2.05, 4.69) is 125 Å². The Hall–Kier alpha value is -8.29. The van der Waals surface area contributed by atoms with Gasteiger partial charge in [-0.05, 0) is 47.0 Å². The van der Waals surface area contributed by atoms with Crippen LogP contribution in [0, 0.1) is 0 Å². The number of fused-ring (bicyclic) bond motifs is 3. The van der Waals surface area contributed by atoms with Crippen LogP contribution in [-0.2, 0) is 0 Å². The fourth-order valence-corrected chi connectivity index (χ4v) is 8.26. The van der Waals surface area contributed by atoms with Gasteiger partial charge < -0.3 is 9.88 Å². The average Bonchev–Trinajstić information content (AvgIpc) is 3.69. The van der Waals surface area contributed by atoms with Gasteiger partial charge in [0.2, 0.25) is 0 Å². The summed E-state index contributed by atoms with van der Waals surface area (Å²) in [6.07, 6.45) is -0.386. The maximum absolute atomic E-state index is 5.34. The lowest BCUT2D eigenvalue weighted by Gasteiger charge is -2.25. The van der Waals surface area contributed by atoms with Crippen LogP contribution in [0.3, 0.4) is 0 Å². The first kappa shape index (κ1) is 35.8. The fraction of sp³-hybridized carbons (Fsp3) is 0.0185. The predicted molar refractivity (Wildman–Crippen MR) is 248 cm³/mol. The van der Waals surface area contributed by atoms with Gasteiger partial charge in [-0.1, -0.05) is 182 Å². The van der Waals surface area contributed by atoms with Crippen LogP contribution in [0.4, 0.5) is 0 Å². The van der Waals surface area contributed by atoms with E-state index in [0.29, 0.717) is 29.1 Å². The minimum Gasteiger partial charge on any atom is -0.344 e. The molecule has 0 bridgehead atoms. The Labute approximate surface area is 353 Å². The summed E-state index contributed by atoms with van der Waals surface area (Å²) in [5.41, 5.74) is 11.0. The monoisotopic (exact) mass is 783 g/mol. The van der Waals surface area contributed by atoms with Crippen molar-refractivity contribution in [2.75, 3.05) is 0 Å². The number of hydrogen-bond donors (Lipinski definition) is 1. The van der Waals surface area contributed by atoms with Gasteiger partial charge in [0.25, 0.3) is 0 Å². The van der Waals surface area contributed by atoms with Gasteiger partial charge in [-0.25, -0.2) is 24.9 Å². The molecule has 7 heteroatoms. The Morgan fingerprint density at radius 3 is 1.61 bits per heavy atom. The summed E-state index contributed by atoms with van der Waals surface area (Å²) in [4.78, 5) is 25.8. The standard InChI is InChI=1S/C54H37N7/c1-6-19-36(20-7-1)49-55-50(37-21-8-2-9-22-37)58-53(57-49)40-33-34-42(43-30-18-32-47-48(43)44-29-16-17-31-46(44)61(47)41-27-14-5-15-28-41)45(35-40)54-59-51(38-23-10-3-11-24-38)56-52(60-54)39-25-12-4-13-26-39/h1-35,51H,(H,56,59,60). The molecule has 10 aromatic rings. The Morgan fingerprint density at radius 1 is 0.410 bits per heavy atom. The van der Waals surface area contributed by atoms with Gasteiger partial charge in [-0.15, -0.1) is 0 Å². The maximum Gasteiger partial charge on any atom is 0.164 e. The van der Waals surface area contributed by atoms with Crippen molar-refractivity contribution in [2.24, 2.45) is 9.98 Å². The Balaban J connectivity index is 1.17. The molecule has 11 rings (SSSR count). The van der Waals surface area contributed by atoms with Crippen molar-refractivity contribution < 1.29 is 0 Å². The summed E-state index contributed by atoms with van der Waals surface area (Å²) in [7, 11) is 0. The Kier molecular flexibility index (Phi) is 9.09. The SMILES string of the molecule is c1ccc(C2=NC(c3ccccc3)NC(c3cc(-c4nc(-c5ccccc5)nc(-c5ccccc5)n4)ccc3-c3cccc4c3c3ccccc3n4-c3ccccc3)=N2)cc1. The minimum atomic E-state index is -0.386. The van der Waals surface area contributed by atoms with Gasteiger partial charge in [-0.3, -0.25) is 0 Å². The second-order valence-electron chi connectivity index (χ2n) is 14.9. The highest BCUT2D eigenvalue weighted by Crippen LogP contribution is 2.41. The second-order valence-corrected chi connectivity index (χ2v) is 14.9. The molecule has 61 heavy (non-hydrogen) atoms. The van der Waals surface area contributed by atoms with Gasteiger partial charge in [0.05, 0.1) is 11.0 Å². The van der Waals surface area contributed by atoms with E-state index in [4.69, 9.17) is 24.9 Å². The quantitative estimate of drug-likeness (QED) is 0.166. The van der Waals surface area contributed by atoms with Crippen molar-refractivity contribution in [3.63, 3.8) is 0 Å². The van der Waals surface area contributed by atoms with Crippen LogP contribution >= 0.6 is 0 Å². The molecular weight excluding hydrogens is 747 g/mol. The third-order valence-corrected chi connectivity index (χ3v) is 11.1.